The van der Waals surface area contributed by atoms with Crippen molar-refractivity contribution in [2.45, 2.75) is 33.2 Å². The average molecular weight is 458 g/mol. The van der Waals surface area contributed by atoms with E-state index in [0.717, 1.165) is 49.0 Å². The zero-order chi connectivity index (χ0) is 17.2. The highest BCUT2D eigenvalue weighted by molar-refractivity contribution is 14.0. The van der Waals surface area contributed by atoms with Crippen molar-refractivity contribution in [2.24, 2.45) is 4.99 Å². The molecule has 0 bridgehead atoms. The zero-order valence-electron chi connectivity index (χ0n) is 15.0. The highest BCUT2D eigenvalue weighted by Gasteiger charge is 2.06. The summed E-state index contributed by atoms with van der Waals surface area (Å²) in [5.41, 5.74) is 0.940. The molecule has 7 nitrogen and oxygen atoms in total. The average Bonchev–Trinajstić information content (AvgIpc) is 3.09. The first-order chi connectivity index (χ1) is 11.8. The quantitative estimate of drug-likeness (QED) is 0.245. The lowest BCUT2D eigenvalue weighted by molar-refractivity contribution is 0.415. The summed E-state index contributed by atoms with van der Waals surface area (Å²) in [6.45, 7) is 6.40. The largest absolute Gasteiger partial charge is 0.497 e. The number of guanidine groups is 1. The standard InChI is InChI=1S/C17H26N6O.HI/c1-4-6-11-19-17(18-5-2)20-12-15-21-16(23-22-15)13-7-9-14(24-3)10-8-13;/h7-10H,4-6,11-12H2,1-3H3,(H2,18,19,20)(H,21,22,23);1H. The number of methoxy groups -OCH3 is 1. The highest BCUT2D eigenvalue weighted by Crippen LogP contribution is 2.18. The van der Waals surface area contributed by atoms with E-state index in [9.17, 15) is 0 Å². The molecule has 1 heterocycles. The van der Waals surface area contributed by atoms with Crippen molar-refractivity contribution in [3.05, 3.63) is 30.1 Å². The Morgan fingerprint density at radius 3 is 2.60 bits per heavy atom. The minimum atomic E-state index is 0. The number of rotatable bonds is 8. The maximum Gasteiger partial charge on any atom is 0.191 e. The van der Waals surface area contributed by atoms with Crippen LogP contribution in [0.25, 0.3) is 11.4 Å². The van der Waals surface area contributed by atoms with E-state index < -0.39 is 0 Å². The number of ether oxygens (including phenoxy) is 1. The van der Waals surface area contributed by atoms with Gasteiger partial charge in [-0.2, -0.15) is 5.10 Å². The Bertz CT molecular complexity index is 641. The van der Waals surface area contributed by atoms with Crippen LogP contribution < -0.4 is 15.4 Å². The fourth-order valence-corrected chi connectivity index (χ4v) is 2.11. The molecular weight excluding hydrogens is 431 g/mol. The van der Waals surface area contributed by atoms with Crippen molar-refractivity contribution in [1.29, 1.82) is 0 Å². The van der Waals surface area contributed by atoms with E-state index in [1.807, 2.05) is 31.2 Å². The molecule has 0 fully saturated rings. The summed E-state index contributed by atoms with van der Waals surface area (Å²) < 4.78 is 5.16. The van der Waals surface area contributed by atoms with Gasteiger partial charge in [-0.15, -0.1) is 24.0 Å². The third-order valence-electron chi connectivity index (χ3n) is 3.43. The second kappa shape index (κ2) is 11.7. The van der Waals surface area contributed by atoms with Crippen LogP contribution in [0.2, 0.25) is 0 Å². The van der Waals surface area contributed by atoms with Gasteiger partial charge in [0.15, 0.2) is 11.8 Å². The molecule has 138 valence electrons. The number of aliphatic imine (C=N–C) groups is 1. The molecule has 2 aromatic rings. The predicted molar refractivity (Wildman–Crippen MR) is 112 cm³/mol. The van der Waals surface area contributed by atoms with Gasteiger partial charge in [-0.3, -0.25) is 5.10 Å². The summed E-state index contributed by atoms with van der Waals surface area (Å²) in [5.74, 6) is 3.00. The van der Waals surface area contributed by atoms with Crippen LogP contribution in [0.4, 0.5) is 0 Å². The van der Waals surface area contributed by atoms with Gasteiger partial charge in [0, 0.05) is 18.7 Å². The summed E-state index contributed by atoms with van der Waals surface area (Å²) >= 11 is 0. The predicted octanol–water partition coefficient (Wildman–Crippen LogP) is 2.95. The first-order valence-electron chi connectivity index (χ1n) is 8.34. The van der Waals surface area contributed by atoms with E-state index in [-0.39, 0.29) is 24.0 Å². The third kappa shape index (κ3) is 6.89. The molecule has 3 N–H and O–H groups in total. The maximum absolute atomic E-state index is 5.16. The molecule has 0 atom stereocenters. The molecule has 0 saturated carbocycles. The van der Waals surface area contributed by atoms with Gasteiger partial charge in [0.05, 0.1) is 7.11 Å². The Labute approximate surface area is 166 Å². The maximum atomic E-state index is 5.16. The van der Waals surface area contributed by atoms with Gasteiger partial charge in [-0.05, 0) is 37.6 Å². The fraction of sp³-hybridized carbons (Fsp3) is 0.471. The Kier molecular flexibility index (Phi) is 9.90. The molecule has 0 unspecified atom stereocenters. The molecule has 0 amide bonds. The summed E-state index contributed by atoms with van der Waals surface area (Å²) in [7, 11) is 1.65. The van der Waals surface area contributed by atoms with Crippen LogP contribution in [0.1, 0.15) is 32.5 Å². The summed E-state index contributed by atoms with van der Waals surface area (Å²) in [4.78, 5) is 9.02. The van der Waals surface area contributed by atoms with Crippen LogP contribution in [-0.4, -0.2) is 41.3 Å². The lowest BCUT2D eigenvalue weighted by atomic mass is 10.2. The Hall–Kier alpha value is -1.84. The second-order valence-corrected chi connectivity index (χ2v) is 5.31. The molecule has 0 aliphatic rings. The van der Waals surface area contributed by atoms with Crippen molar-refractivity contribution in [2.75, 3.05) is 20.2 Å². The minimum Gasteiger partial charge on any atom is -0.497 e. The Balaban J connectivity index is 0.00000312. The fourth-order valence-electron chi connectivity index (χ4n) is 2.11. The van der Waals surface area contributed by atoms with Crippen LogP contribution >= 0.6 is 24.0 Å². The summed E-state index contributed by atoms with van der Waals surface area (Å²) in [5, 5.41) is 13.7. The van der Waals surface area contributed by atoms with E-state index in [2.05, 4.69) is 37.7 Å². The van der Waals surface area contributed by atoms with E-state index in [4.69, 9.17) is 4.74 Å². The summed E-state index contributed by atoms with van der Waals surface area (Å²) in [6, 6.07) is 7.66. The van der Waals surface area contributed by atoms with Crippen molar-refractivity contribution in [1.82, 2.24) is 25.8 Å². The third-order valence-corrected chi connectivity index (χ3v) is 3.43. The topological polar surface area (TPSA) is 87.2 Å². The molecule has 0 saturated heterocycles. The molecule has 1 aromatic heterocycles. The molecule has 0 radical (unpaired) electrons. The minimum absolute atomic E-state index is 0. The normalized spacial score (nSPS) is 10.9. The van der Waals surface area contributed by atoms with Gasteiger partial charge >= 0.3 is 0 Å². The van der Waals surface area contributed by atoms with Gasteiger partial charge in [-0.25, -0.2) is 9.98 Å². The van der Waals surface area contributed by atoms with Gasteiger partial charge in [-0.1, -0.05) is 13.3 Å². The van der Waals surface area contributed by atoms with Gasteiger partial charge in [0.1, 0.15) is 18.1 Å². The lowest BCUT2D eigenvalue weighted by Gasteiger charge is -2.09. The number of H-pyrrole nitrogens is 1. The smallest absolute Gasteiger partial charge is 0.191 e. The number of nitrogens with one attached hydrogen (secondary N) is 3. The van der Waals surface area contributed by atoms with Crippen LogP contribution in [0.5, 0.6) is 5.75 Å². The van der Waals surface area contributed by atoms with E-state index in [1.165, 1.54) is 0 Å². The molecule has 0 aliphatic heterocycles. The van der Waals surface area contributed by atoms with Crippen molar-refractivity contribution in [3.8, 4) is 17.1 Å². The number of halogens is 1. The van der Waals surface area contributed by atoms with Crippen molar-refractivity contribution >= 4 is 29.9 Å². The molecule has 25 heavy (non-hydrogen) atoms. The number of nitrogens with zero attached hydrogens (tertiary/aromatic N) is 3. The number of hydrogen-bond donors (Lipinski definition) is 3. The lowest BCUT2D eigenvalue weighted by Crippen LogP contribution is -2.37. The Morgan fingerprint density at radius 1 is 1.20 bits per heavy atom. The number of unbranched alkanes of at least 4 members (excludes halogenated alkanes) is 1. The van der Waals surface area contributed by atoms with E-state index in [1.54, 1.807) is 7.11 Å². The molecule has 2 rings (SSSR count). The Morgan fingerprint density at radius 2 is 1.96 bits per heavy atom. The highest BCUT2D eigenvalue weighted by atomic mass is 127. The van der Waals surface area contributed by atoms with Crippen molar-refractivity contribution < 1.29 is 4.74 Å². The number of aromatic amines is 1. The molecule has 8 heteroatoms. The van der Waals surface area contributed by atoms with Crippen LogP contribution in [0, 0.1) is 0 Å². The first kappa shape index (κ1) is 21.2. The van der Waals surface area contributed by atoms with Crippen LogP contribution in [-0.2, 0) is 6.54 Å². The zero-order valence-corrected chi connectivity index (χ0v) is 17.3. The SMILES string of the molecule is CCCCNC(=NCc1nc(-c2ccc(OC)cc2)n[nH]1)NCC.I. The van der Waals surface area contributed by atoms with Gasteiger partial charge in [0.2, 0.25) is 0 Å². The van der Waals surface area contributed by atoms with Crippen LogP contribution in [0.15, 0.2) is 29.3 Å². The van der Waals surface area contributed by atoms with Gasteiger partial charge in [0.25, 0.3) is 0 Å². The number of aromatic nitrogens is 3. The second-order valence-electron chi connectivity index (χ2n) is 5.31. The number of hydrogen-bond acceptors (Lipinski definition) is 4. The molecule has 1 aromatic carbocycles. The molecule has 0 spiro atoms. The van der Waals surface area contributed by atoms with Crippen LogP contribution in [0.3, 0.4) is 0 Å². The summed E-state index contributed by atoms with van der Waals surface area (Å²) in [6.07, 6.45) is 2.27. The van der Waals surface area contributed by atoms with Gasteiger partial charge < -0.3 is 15.4 Å². The first-order valence-corrected chi connectivity index (χ1v) is 8.34. The monoisotopic (exact) mass is 458 g/mol. The van der Waals surface area contributed by atoms with E-state index >= 15 is 0 Å². The van der Waals surface area contributed by atoms with E-state index in [0.29, 0.717) is 12.4 Å². The molecular formula is C17H27IN6O. The van der Waals surface area contributed by atoms with Crippen molar-refractivity contribution in [3.63, 3.8) is 0 Å². The molecule has 0 aliphatic carbocycles. The number of benzene rings is 1.